The Bertz CT molecular complexity index is 279. The molecule has 2 heteroatoms. The molecule has 2 nitrogen and oxygen atoms in total. The van der Waals surface area contributed by atoms with Crippen LogP contribution in [0.1, 0.15) is 17.2 Å². The first-order chi connectivity index (χ1) is 6.31. The number of hydrogen-bond donors (Lipinski definition) is 2. The minimum atomic E-state index is 0.0138. The minimum absolute atomic E-state index is 0.0138. The fraction of sp³-hybridized carbons (Fsp3) is 0.273. The second-order valence-electron chi connectivity index (χ2n) is 2.90. The van der Waals surface area contributed by atoms with Crippen molar-refractivity contribution in [1.82, 2.24) is 5.32 Å². The van der Waals surface area contributed by atoms with Gasteiger partial charge in [-0.3, -0.25) is 0 Å². The van der Waals surface area contributed by atoms with Crippen molar-refractivity contribution in [3.8, 4) is 0 Å². The van der Waals surface area contributed by atoms with Crippen LogP contribution in [0.3, 0.4) is 0 Å². The molecule has 0 fully saturated rings. The molecule has 1 atom stereocenters. The van der Waals surface area contributed by atoms with E-state index in [0.717, 1.165) is 11.1 Å². The van der Waals surface area contributed by atoms with Gasteiger partial charge < -0.3 is 10.4 Å². The van der Waals surface area contributed by atoms with E-state index in [1.54, 1.807) is 6.08 Å². The number of benzene rings is 1. The van der Waals surface area contributed by atoms with Crippen molar-refractivity contribution in [2.24, 2.45) is 0 Å². The molecule has 0 spiro atoms. The summed E-state index contributed by atoms with van der Waals surface area (Å²) in [5, 5.41) is 12.1. The molecule has 0 saturated carbocycles. The van der Waals surface area contributed by atoms with Gasteiger partial charge in [0.15, 0.2) is 0 Å². The molecule has 1 aromatic carbocycles. The first-order valence-electron chi connectivity index (χ1n) is 4.32. The predicted molar refractivity (Wildman–Crippen MR) is 55.4 cm³/mol. The Labute approximate surface area is 78.9 Å². The molecule has 0 radical (unpaired) electrons. The lowest BCUT2D eigenvalue weighted by atomic mass is 10.0. The van der Waals surface area contributed by atoms with Crippen molar-refractivity contribution < 1.29 is 5.11 Å². The first kappa shape index (κ1) is 9.96. The van der Waals surface area contributed by atoms with Gasteiger partial charge in [0.1, 0.15) is 0 Å². The molecule has 1 aromatic rings. The summed E-state index contributed by atoms with van der Waals surface area (Å²) < 4.78 is 0. The fourth-order valence-corrected chi connectivity index (χ4v) is 1.27. The highest BCUT2D eigenvalue weighted by Crippen LogP contribution is 2.14. The zero-order valence-electron chi connectivity index (χ0n) is 7.83. The first-order valence-corrected chi connectivity index (χ1v) is 4.32. The Morgan fingerprint density at radius 1 is 1.62 bits per heavy atom. The highest BCUT2D eigenvalue weighted by molar-refractivity contribution is 5.48. The van der Waals surface area contributed by atoms with Crippen LogP contribution in [0.25, 0.3) is 6.08 Å². The highest BCUT2D eigenvalue weighted by atomic mass is 16.3. The normalized spacial score (nSPS) is 12.5. The van der Waals surface area contributed by atoms with Crippen molar-refractivity contribution in [2.75, 3.05) is 13.7 Å². The van der Waals surface area contributed by atoms with Gasteiger partial charge in [0.25, 0.3) is 0 Å². The van der Waals surface area contributed by atoms with E-state index in [1.165, 1.54) is 0 Å². The summed E-state index contributed by atoms with van der Waals surface area (Å²) in [6, 6.07) is 7.97. The average Bonchev–Trinajstić information content (AvgIpc) is 2.20. The average molecular weight is 177 g/mol. The number of hydrogen-bond acceptors (Lipinski definition) is 2. The predicted octanol–water partition coefficient (Wildman–Crippen LogP) is 1.58. The Morgan fingerprint density at radius 2 is 2.38 bits per heavy atom. The van der Waals surface area contributed by atoms with Crippen molar-refractivity contribution in [2.45, 2.75) is 6.04 Å². The molecule has 0 heterocycles. The molecule has 0 saturated heterocycles. The number of rotatable bonds is 4. The Kier molecular flexibility index (Phi) is 3.68. The monoisotopic (exact) mass is 177 g/mol. The van der Waals surface area contributed by atoms with Crippen LogP contribution in [0.2, 0.25) is 0 Å². The van der Waals surface area contributed by atoms with Gasteiger partial charge in [0.2, 0.25) is 0 Å². The van der Waals surface area contributed by atoms with E-state index in [9.17, 15) is 0 Å². The molecule has 1 rings (SSSR count). The van der Waals surface area contributed by atoms with E-state index in [-0.39, 0.29) is 12.6 Å². The van der Waals surface area contributed by atoms with Crippen LogP contribution in [0.15, 0.2) is 30.8 Å². The number of aliphatic hydroxyl groups is 1. The van der Waals surface area contributed by atoms with Crippen LogP contribution in [0.5, 0.6) is 0 Å². The summed E-state index contributed by atoms with van der Waals surface area (Å²) in [4.78, 5) is 0. The summed E-state index contributed by atoms with van der Waals surface area (Å²) in [6.07, 6.45) is 1.80. The Hall–Kier alpha value is -1.12. The zero-order chi connectivity index (χ0) is 9.68. The molecule has 13 heavy (non-hydrogen) atoms. The summed E-state index contributed by atoms with van der Waals surface area (Å²) in [6.45, 7) is 3.81. The molecular weight excluding hydrogens is 162 g/mol. The van der Waals surface area contributed by atoms with Crippen molar-refractivity contribution in [3.05, 3.63) is 42.0 Å². The quantitative estimate of drug-likeness (QED) is 0.732. The summed E-state index contributed by atoms with van der Waals surface area (Å²) in [5.41, 5.74) is 2.16. The molecule has 70 valence electrons. The lowest BCUT2D eigenvalue weighted by Crippen LogP contribution is -2.19. The Morgan fingerprint density at radius 3 is 2.92 bits per heavy atom. The third-order valence-corrected chi connectivity index (χ3v) is 2.08. The van der Waals surface area contributed by atoms with Gasteiger partial charge in [-0.1, -0.05) is 36.9 Å². The molecule has 0 unspecified atom stereocenters. The van der Waals surface area contributed by atoms with Crippen LogP contribution in [-0.2, 0) is 0 Å². The second kappa shape index (κ2) is 4.80. The van der Waals surface area contributed by atoms with E-state index in [4.69, 9.17) is 5.11 Å². The van der Waals surface area contributed by atoms with E-state index in [0.29, 0.717) is 0 Å². The van der Waals surface area contributed by atoms with Gasteiger partial charge in [-0.05, 0) is 18.2 Å². The van der Waals surface area contributed by atoms with Gasteiger partial charge in [-0.15, -0.1) is 0 Å². The van der Waals surface area contributed by atoms with Crippen LogP contribution in [-0.4, -0.2) is 18.8 Å². The molecule has 0 amide bonds. The maximum absolute atomic E-state index is 9.05. The van der Waals surface area contributed by atoms with E-state index >= 15 is 0 Å². The Balaban J connectivity index is 2.92. The molecule has 0 aliphatic carbocycles. The SMILES string of the molecule is C=Cc1cccc([C@@H](CO)NC)c1. The van der Waals surface area contributed by atoms with E-state index < -0.39 is 0 Å². The highest BCUT2D eigenvalue weighted by Gasteiger charge is 2.06. The summed E-state index contributed by atoms with van der Waals surface area (Å²) >= 11 is 0. The standard InChI is InChI=1S/C11H15NO/c1-3-9-5-4-6-10(7-9)11(8-13)12-2/h3-7,11-13H,1,8H2,2H3/t11-/m1/s1. The van der Waals surface area contributed by atoms with Gasteiger partial charge in [-0.2, -0.15) is 0 Å². The summed E-state index contributed by atoms with van der Waals surface area (Å²) in [7, 11) is 1.83. The third kappa shape index (κ3) is 2.41. The van der Waals surface area contributed by atoms with Gasteiger partial charge in [-0.25, -0.2) is 0 Å². The van der Waals surface area contributed by atoms with E-state index in [1.807, 2.05) is 31.3 Å². The number of likely N-dealkylation sites (N-methyl/N-ethyl adjacent to an activating group) is 1. The van der Waals surface area contributed by atoms with Crippen molar-refractivity contribution >= 4 is 6.08 Å². The maximum Gasteiger partial charge on any atom is 0.0626 e. The number of nitrogens with one attached hydrogen (secondary N) is 1. The van der Waals surface area contributed by atoms with Gasteiger partial charge in [0, 0.05) is 0 Å². The van der Waals surface area contributed by atoms with Crippen LogP contribution in [0, 0.1) is 0 Å². The van der Waals surface area contributed by atoms with Crippen molar-refractivity contribution in [1.29, 1.82) is 0 Å². The topological polar surface area (TPSA) is 32.3 Å². The lowest BCUT2D eigenvalue weighted by Gasteiger charge is -2.13. The fourth-order valence-electron chi connectivity index (χ4n) is 1.27. The smallest absolute Gasteiger partial charge is 0.0626 e. The van der Waals surface area contributed by atoms with Gasteiger partial charge in [0.05, 0.1) is 12.6 Å². The number of aliphatic hydroxyl groups excluding tert-OH is 1. The van der Waals surface area contributed by atoms with Crippen LogP contribution in [0.4, 0.5) is 0 Å². The van der Waals surface area contributed by atoms with Gasteiger partial charge >= 0.3 is 0 Å². The van der Waals surface area contributed by atoms with Crippen LogP contribution >= 0.6 is 0 Å². The largest absolute Gasteiger partial charge is 0.394 e. The molecular formula is C11H15NO. The molecule has 0 aromatic heterocycles. The van der Waals surface area contributed by atoms with Crippen LogP contribution < -0.4 is 5.32 Å². The van der Waals surface area contributed by atoms with Crippen molar-refractivity contribution in [3.63, 3.8) is 0 Å². The maximum atomic E-state index is 9.05. The molecule has 0 bridgehead atoms. The third-order valence-electron chi connectivity index (χ3n) is 2.08. The lowest BCUT2D eigenvalue weighted by molar-refractivity contribution is 0.251. The minimum Gasteiger partial charge on any atom is -0.394 e. The molecule has 0 aliphatic rings. The molecule has 2 N–H and O–H groups in total. The zero-order valence-corrected chi connectivity index (χ0v) is 7.83. The second-order valence-corrected chi connectivity index (χ2v) is 2.90. The van der Waals surface area contributed by atoms with E-state index in [2.05, 4.69) is 11.9 Å². The molecule has 0 aliphatic heterocycles. The summed E-state index contributed by atoms with van der Waals surface area (Å²) in [5.74, 6) is 0.